The number of amides is 2. The number of thiazole rings is 1. The number of benzene rings is 1. The van der Waals surface area contributed by atoms with Gasteiger partial charge in [-0.3, -0.25) is 14.5 Å². The van der Waals surface area contributed by atoms with Crippen molar-refractivity contribution in [2.24, 2.45) is 5.92 Å². The van der Waals surface area contributed by atoms with E-state index in [1.54, 1.807) is 11.3 Å². The minimum Gasteiger partial charge on any atom is -0.368 e. The van der Waals surface area contributed by atoms with Crippen LogP contribution in [-0.2, 0) is 22.6 Å². The Labute approximate surface area is 187 Å². The number of para-hydroxylation sites is 1. The van der Waals surface area contributed by atoms with Crippen molar-refractivity contribution in [1.82, 2.24) is 14.8 Å². The number of carbonyl (C=O) groups excluding carboxylic acids is 2. The number of anilines is 2. The Balaban J connectivity index is 1.12. The van der Waals surface area contributed by atoms with Gasteiger partial charge in [-0.1, -0.05) is 24.6 Å². The first-order valence-electron chi connectivity index (χ1n) is 11.3. The minimum absolute atomic E-state index is 0.110. The second-order valence-corrected chi connectivity index (χ2v) is 9.75. The zero-order chi connectivity index (χ0) is 21.2. The summed E-state index contributed by atoms with van der Waals surface area (Å²) in [4.78, 5) is 37.4. The third kappa shape index (κ3) is 4.60. The van der Waals surface area contributed by atoms with Gasteiger partial charge in [-0.05, 0) is 25.0 Å². The average Bonchev–Trinajstić information content (AvgIpc) is 3.14. The predicted octanol–water partition coefficient (Wildman–Crippen LogP) is 2.59. The zero-order valence-electron chi connectivity index (χ0n) is 17.8. The summed E-state index contributed by atoms with van der Waals surface area (Å²) in [5.41, 5.74) is 2.30. The number of hydrogen-bond acceptors (Lipinski definition) is 6. The van der Waals surface area contributed by atoms with Crippen LogP contribution in [0.5, 0.6) is 0 Å². The normalized spacial score (nSPS) is 19.6. The number of fused-ring (bicyclic) bond motifs is 1. The largest absolute Gasteiger partial charge is 0.368 e. The lowest BCUT2D eigenvalue weighted by atomic mass is 9.85. The Morgan fingerprint density at radius 1 is 1.06 bits per heavy atom. The van der Waals surface area contributed by atoms with Gasteiger partial charge in [0, 0.05) is 62.2 Å². The summed E-state index contributed by atoms with van der Waals surface area (Å²) >= 11 is 1.56. The van der Waals surface area contributed by atoms with E-state index in [1.807, 2.05) is 11.0 Å². The van der Waals surface area contributed by atoms with Gasteiger partial charge in [0.25, 0.3) is 0 Å². The second kappa shape index (κ2) is 8.96. The molecule has 2 aromatic rings. The molecule has 1 saturated heterocycles. The molecule has 31 heavy (non-hydrogen) atoms. The molecular formula is C23H29N5O2S. The maximum Gasteiger partial charge on any atom is 0.236 e. The van der Waals surface area contributed by atoms with Crippen LogP contribution in [0.25, 0.3) is 0 Å². The molecule has 0 spiro atoms. The van der Waals surface area contributed by atoms with Crippen molar-refractivity contribution >= 4 is 34.0 Å². The number of carbonyl (C=O) groups is 2. The lowest BCUT2D eigenvalue weighted by molar-refractivity contribution is -0.133. The predicted molar refractivity (Wildman–Crippen MR) is 122 cm³/mol. The second-order valence-electron chi connectivity index (χ2n) is 8.67. The van der Waals surface area contributed by atoms with Gasteiger partial charge in [-0.15, -0.1) is 11.3 Å². The highest BCUT2D eigenvalue weighted by Gasteiger charge is 2.28. The lowest BCUT2D eigenvalue weighted by Crippen LogP contribution is -2.51. The molecule has 5 rings (SSSR count). The number of aromatic nitrogens is 1. The minimum atomic E-state index is 0.110. The summed E-state index contributed by atoms with van der Waals surface area (Å²) in [5, 5.41) is 3.71. The molecule has 1 N–H and O–H groups in total. The Morgan fingerprint density at radius 3 is 2.55 bits per heavy atom. The van der Waals surface area contributed by atoms with E-state index in [1.165, 1.54) is 10.6 Å². The molecular weight excluding hydrogens is 410 g/mol. The molecule has 1 aromatic carbocycles. The molecule has 1 saturated carbocycles. The highest BCUT2D eigenvalue weighted by Crippen LogP contribution is 2.31. The SMILES string of the molecule is O=C(Nc1nc2c(s1)CN(CC(=O)N1CCN(c3ccccc3)CC1)CC2)C1CCC1. The summed E-state index contributed by atoms with van der Waals surface area (Å²) in [6.45, 7) is 5.31. The van der Waals surface area contributed by atoms with E-state index in [0.29, 0.717) is 11.7 Å². The molecule has 0 bridgehead atoms. The topological polar surface area (TPSA) is 68.8 Å². The number of nitrogens with zero attached hydrogens (tertiary/aromatic N) is 4. The first kappa shape index (κ1) is 20.5. The maximum absolute atomic E-state index is 12.9. The first-order chi connectivity index (χ1) is 15.2. The molecule has 2 aliphatic heterocycles. The van der Waals surface area contributed by atoms with Crippen LogP contribution in [0, 0.1) is 5.92 Å². The van der Waals surface area contributed by atoms with Crippen LogP contribution in [0.2, 0.25) is 0 Å². The standard InChI is InChI=1S/C23H29N5O2S/c29-21(28-13-11-27(12-14-28)18-7-2-1-3-8-18)16-26-10-9-19-20(15-26)31-23(24-19)25-22(30)17-5-4-6-17/h1-3,7-8,17H,4-6,9-16H2,(H,24,25,30). The van der Waals surface area contributed by atoms with Gasteiger partial charge in [0.05, 0.1) is 12.2 Å². The van der Waals surface area contributed by atoms with Crippen molar-refractivity contribution in [3.63, 3.8) is 0 Å². The van der Waals surface area contributed by atoms with Gasteiger partial charge in [0.15, 0.2) is 5.13 Å². The summed E-state index contributed by atoms with van der Waals surface area (Å²) in [5.74, 6) is 0.482. The van der Waals surface area contributed by atoms with Crippen molar-refractivity contribution < 1.29 is 9.59 Å². The van der Waals surface area contributed by atoms with Crippen molar-refractivity contribution in [2.75, 3.05) is 49.5 Å². The average molecular weight is 440 g/mol. The molecule has 3 heterocycles. The third-order valence-electron chi connectivity index (χ3n) is 6.63. The van der Waals surface area contributed by atoms with Crippen molar-refractivity contribution in [3.05, 3.63) is 40.9 Å². The molecule has 1 aromatic heterocycles. The van der Waals surface area contributed by atoms with Crippen LogP contribution in [0.1, 0.15) is 29.8 Å². The molecule has 0 atom stereocenters. The van der Waals surface area contributed by atoms with E-state index < -0.39 is 0 Å². The number of nitrogens with one attached hydrogen (secondary N) is 1. The molecule has 2 fully saturated rings. The Bertz CT molecular complexity index is 935. The van der Waals surface area contributed by atoms with E-state index in [2.05, 4.69) is 44.4 Å². The smallest absolute Gasteiger partial charge is 0.236 e. The molecule has 164 valence electrons. The van der Waals surface area contributed by atoms with Crippen LogP contribution in [0.4, 0.5) is 10.8 Å². The van der Waals surface area contributed by atoms with Crippen LogP contribution < -0.4 is 10.2 Å². The van der Waals surface area contributed by atoms with E-state index in [4.69, 9.17) is 0 Å². The molecule has 3 aliphatic rings. The molecule has 1 aliphatic carbocycles. The van der Waals surface area contributed by atoms with Gasteiger partial charge < -0.3 is 15.1 Å². The van der Waals surface area contributed by atoms with Crippen LogP contribution in [0.3, 0.4) is 0 Å². The first-order valence-corrected chi connectivity index (χ1v) is 12.1. The fourth-order valence-electron chi connectivity index (χ4n) is 4.46. The van der Waals surface area contributed by atoms with Crippen molar-refractivity contribution in [2.45, 2.75) is 32.2 Å². The van der Waals surface area contributed by atoms with Crippen LogP contribution in [0.15, 0.2) is 30.3 Å². The van der Waals surface area contributed by atoms with E-state index in [0.717, 1.165) is 70.6 Å². The number of hydrogen-bond donors (Lipinski definition) is 1. The summed E-state index contributed by atoms with van der Waals surface area (Å²) < 4.78 is 0. The van der Waals surface area contributed by atoms with E-state index >= 15 is 0 Å². The summed E-state index contributed by atoms with van der Waals surface area (Å²) in [6.07, 6.45) is 3.97. The van der Waals surface area contributed by atoms with Crippen molar-refractivity contribution in [1.29, 1.82) is 0 Å². The Kier molecular flexibility index (Phi) is 5.91. The lowest BCUT2D eigenvalue weighted by Gasteiger charge is -2.37. The quantitative estimate of drug-likeness (QED) is 0.776. The van der Waals surface area contributed by atoms with Gasteiger partial charge in [-0.25, -0.2) is 4.98 Å². The third-order valence-corrected chi connectivity index (χ3v) is 7.63. The Morgan fingerprint density at radius 2 is 1.84 bits per heavy atom. The van der Waals surface area contributed by atoms with Gasteiger partial charge in [0.2, 0.25) is 11.8 Å². The van der Waals surface area contributed by atoms with E-state index in [9.17, 15) is 9.59 Å². The molecule has 0 radical (unpaired) electrons. The number of piperazine rings is 1. The highest BCUT2D eigenvalue weighted by atomic mass is 32.1. The number of rotatable bonds is 5. The van der Waals surface area contributed by atoms with Crippen LogP contribution >= 0.6 is 11.3 Å². The molecule has 2 amide bonds. The molecule has 8 heteroatoms. The van der Waals surface area contributed by atoms with E-state index in [-0.39, 0.29) is 17.7 Å². The fraction of sp³-hybridized carbons (Fsp3) is 0.522. The van der Waals surface area contributed by atoms with Gasteiger partial charge in [0.1, 0.15) is 0 Å². The molecule has 0 unspecified atom stereocenters. The van der Waals surface area contributed by atoms with Gasteiger partial charge >= 0.3 is 0 Å². The highest BCUT2D eigenvalue weighted by molar-refractivity contribution is 7.15. The maximum atomic E-state index is 12.9. The zero-order valence-corrected chi connectivity index (χ0v) is 18.6. The van der Waals surface area contributed by atoms with Gasteiger partial charge in [-0.2, -0.15) is 0 Å². The van der Waals surface area contributed by atoms with Crippen LogP contribution in [-0.4, -0.2) is 65.9 Å². The monoisotopic (exact) mass is 439 g/mol. The molecule has 7 nitrogen and oxygen atoms in total. The fourth-order valence-corrected chi connectivity index (χ4v) is 5.51. The summed E-state index contributed by atoms with van der Waals surface area (Å²) in [7, 11) is 0. The summed E-state index contributed by atoms with van der Waals surface area (Å²) in [6, 6.07) is 10.4. The Hall–Kier alpha value is -2.45. The van der Waals surface area contributed by atoms with Crippen molar-refractivity contribution in [3.8, 4) is 0 Å².